The van der Waals surface area contributed by atoms with Crippen molar-refractivity contribution in [1.29, 1.82) is 0 Å². The Hall–Kier alpha value is -3.15. The third-order valence-electron chi connectivity index (χ3n) is 4.39. The predicted octanol–water partition coefficient (Wildman–Crippen LogP) is 4.44. The SMILES string of the molecule is COC(=O)c1ccccc1NC(=O)CNC(c1ccccc1)c1cccc(Cl)c1. The molecule has 0 aliphatic heterocycles. The summed E-state index contributed by atoms with van der Waals surface area (Å²) < 4.78 is 4.77. The number of ether oxygens (including phenoxy) is 1. The molecule has 0 fully saturated rings. The van der Waals surface area contributed by atoms with Crippen molar-refractivity contribution in [2.45, 2.75) is 6.04 Å². The Morgan fingerprint density at radius 3 is 2.34 bits per heavy atom. The fourth-order valence-electron chi connectivity index (χ4n) is 3.03. The van der Waals surface area contributed by atoms with Gasteiger partial charge in [-0.05, 0) is 35.4 Å². The monoisotopic (exact) mass is 408 g/mol. The van der Waals surface area contributed by atoms with Gasteiger partial charge < -0.3 is 10.1 Å². The molecule has 0 aliphatic rings. The number of carbonyl (C=O) groups is 2. The first-order valence-electron chi connectivity index (χ1n) is 9.09. The van der Waals surface area contributed by atoms with E-state index < -0.39 is 5.97 Å². The number of halogens is 1. The molecule has 1 unspecified atom stereocenters. The van der Waals surface area contributed by atoms with Crippen LogP contribution in [0.15, 0.2) is 78.9 Å². The van der Waals surface area contributed by atoms with Crippen molar-refractivity contribution in [3.63, 3.8) is 0 Å². The van der Waals surface area contributed by atoms with Crippen molar-refractivity contribution in [3.8, 4) is 0 Å². The highest BCUT2D eigenvalue weighted by molar-refractivity contribution is 6.30. The van der Waals surface area contributed by atoms with E-state index in [0.29, 0.717) is 16.3 Å². The van der Waals surface area contributed by atoms with Gasteiger partial charge >= 0.3 is 5.97 Å². The summed E-state index contributed by atoms with van der Waals surface area (Å²) in [5, 5.41) is 6.67. The smallest absolute Gasteiger partial charge is 0.339 e. The highest BCUT2D eigenvalue weighted by atomic mass is 35.5. The van der Waals surface area contributed by atoms with Gasteiger partial charge in [-0.15, -0.1) is 0 Å². The van der Waals surface area contributed by atoms with Crippen LogP contribution in [-0.2, 0) is 9.53 Å². The van der Waals surface area contributed by atoms with Crippen molar-refractivity contribution in [1.82, 2.24) is 5.32 Å². The number of para-hydroxylation sites is 1. The molecule has 0 spiro atoms. The Labute approximate surface area is 174 Å². The fraction of sp³-hybridized carbons (Fsp3) is 0.130. The van der Waals surface area contributed by atoms with E-state index in [1.807, 2.05) is 54.6 Å². The van der Waals surface area contributed by atoms with E-state index in [-0.39, 0.29) is 18.5 Å². The summed E-state index contributed by atoms with van der Waals surface area (Å²) in [6.45, 7) is 0.0432. The van der Waals surface area contributed by atoms with Crippen molar-refractivity contribution < 1.29 is 14.3 Å². The molecule has 0 radical (unpaired) electrons. The van der Waals surface area contributed by atoms with Crippen LogP contribution in [0, 0.1) is 0 Å². The molecule has 3 aromatic rings. The Morgan fingerprint density at radius 1 is 0.931 bits per heavy atom. The third-order valence-corrected chi connectivity index (χ3v) is 4.62. The first kappa shape index (κ1) is 20.6. The van der Waals surface area contributed by atoms with Crippen molar-refractivity contribution in [2.24, 2.45) is 0 Å². The van der Waals surface area contributed by atoms with E-state index in [9.17, 15) is 9.59 Å². The van der Waals surface area contributed by atoms with Crippen molar-refractivity contribution in [2.75, 3.05) is 19.0 Å². The van der Waals surface area contributed by atoms with Gasteiger partial charge in [0.25, 0.3) is 0 Å². The van der Waals surface area contributed by atoms with Crippen molar-refractivity contribution >= 4 is 29.2 Å². The molecule has 6 heteroatoms. The standard InChI is InChI=1S/C23H21ClN2O3/c1-29-23(28)19-12-5-6-13-20(19)26-21(27)15-25-22(16-8-3-2-4-9-16)17-10-7-11-18(24)14-17/h2-14,22,25H,15H2,1H3,(H,26,27). The molecule has 5 nitrogen and oxygen atoms in total. The maximum Gasteiger partial charge on any atom is 0.339 e. The maximum atomic E-state index is 12.6. The zero-order valence-electron chi connectivity index (χ0n) is 15.9. The van der Waals surface area contributed by atoms with Gasteiger partial charge in [0.05, 0.1) is 30.9 Å². The molecule has 1 amide bonds. The largest absolute Gasteiger partial charge is 0.465 e. The van der Waals surface area contributed by atoms with Crippen molar-refractivity contribution in [3.05, 3.63) is 101 Å². The zero-order valence-corrected chi connectivity index (χ0v) is 16.6. The lowest BCUT2D eigenvalue weighted by atomic mass is 9.99. The lowest BCUT2D eigenvalue weighted by Crippen LogP contribution is -2.32. The van der Waals surface area contributed by atoms with Crippen LogP contribution in [0.25, 0.3) is 0 Å². The van der Waals surface area contributed by atoms with E-state index >= 15 is 0 Å². The van der Waals surface area contributed by atoms with Crippen LogP contribution >= 0.6 is 11.6 Å². The average Bonchev–Trinajstić information content (AvgIpc) is 2.74. The zero-order chi connectivity index (χ0) is 20.6. The quantitative estimate of drug-likeness (QED) is 0.567. The molecule has 0 aliphatic carbocycles. The van der Waals surface area contributed by atoms with E-state index in [2.05, 4.69) is 10.6 Å². The number of hydrogen-bond acceptors (Lipinski definition) is 4. The molecule has 0 aromatic heterocycles. The molecule has 0 heterocycles. The molecule has 2 N–H and O–H groups in total. The molecule has 0 bridgehead atoms. The van der Waals surface area contributed by atoms with Crippen LogP contribution in [0.4, 0.5) is 5.69 Å². The topological polar surface area (TPSA) is 67.4 Å². The molecule has 0 saturated heterocycles. The molecule has 0 saturated carbocycles. The minimum atomic E-state index is -0.505. The second-order valence-electron chi connectivity index (χ2n) is 6.36. The van der Waals surface area contributed by atoms with Gasteiger partial charge in [0.1, 0.15) is 0 Å². The van der Waals surface area contributed by atoms with Gasteiger partial charge in [-0.1, -0.05) is 66.2 Å². The van der Waals surface area contributed by atoms with E-state index in [4.69, 9.17) is 16.3 Å². The van der Waals surface area contributed by atoms with E-state index in [1.54, 1.807) is 24.3 Å². The Kier molecular flexibility index (Phi) is 7.00. The van der Waals surface area contributed by atoms with Crippen LogP contribution in [-0.4, -0.2) is 25.5 Å². The van der Waals surface area contributed by atoms with Gasteiger partial charge in [0, 0.05) is 5.02 Å². The number of rotatable bonds is 7. The average molecular weight is 409 g/mol. The summed E-state index contributed by atoms with van der Waals surface area (Å²) >= 11 is 6.16. The maximum absolute atomic E-state index is 12.6. The van der Waals surface area contributed by atoms with Crippen LogP contribution in [0.1, 0.15) is 27.5 Å². The van der Waals surface area contributed by atoms with E-state index in [0.717, 1.165) is 11.1 Å². The minimum Gasteiger partial charge on any atom is -0.465 e. The normalized spacial score (nSPS) is 11.5. The van der Waals surface area contributed by atoms with Gasteiger partial charge in [-0.25, -0.2) is 4.79 Å². The highest BCUT2D eigenvalue weighted by Crippen LogP contribution is 2.24. The van der Waals surface area contributed by atoms with Crippen LogP contribution in [0.5, 0.6) is 0 Å². The summed E-state index contributed by atoms with van der Waals surface area (Å²) in [6.07, 6.45) is 0. The molecule has 1 atom stereocenters. The Bertz CT molecular complexity index is 992. The van der Waals surface area contributed by atoms with Crippen LogP contribution in [0.3, 0.4) is 0 Å². The van der Waals surface area contributed by atoms with Gasteiger partial charge in [0.15, 0.2) is 0 Å². The number of anilines is 1. The number of carbonyl (C=O) groups excluding carboxylic acids is 2. The number of benzene rings is 3. The first-order valence-corrected chi connectivity index (χ1v) is 9.47. The molecular weight excluding hydrogens is 388 g/mol. The number of nitrogens with one attached hydrogen (secondary N) is 2. The molecule has 3 rings (SSSR count). The van der Waals surface area contributed by atoms with E-state index in [1.165, 1.54) is 7.11 Å². The summed E-state index contributed by atoms with van der Waals surface area (Å²) in [5.41, 5.74) is 2.67. The molecule has 3 aromatic carbocycles. The second kappa shape index (κ2) is 9.87. The summed E-state index contributed by atoms with van der Waals surface area (Å²) in [5.74, 6) is -0.778. The molecular formula is C23H21ClN2O3. The summed E-state index contributed by atoms with van der Waals surface area (Å²) in [7, 11) is 1.30. The lowest BCUT2D eigenvalue weighted by molar-refractivity contribution is -0.115. The predicted molar refractivity (Wildman–Crippen MR) is 114 cm³/mol. The lowest BCUT2D eigenvalue weighted by Gasteiger charge is -2.20. The number of amides is 1. The number of esters is 1. The Morgan fingerprint density at radius 2 is 1.62 bits per heavy atom. The minimum absolute atomic E-state index is 0.0432. The molecule has 29 heavy (non-hydrogen) atoms. The highest BCUT2D eigenvalue weighted by Gasteiger charge is 2.17. The van der Waals surface area contributed by atoms with Crippen LogP contribution < -0.4 is 10.6 Å². The van der Waals surface area contributed by atoms with Gasteiger partial charge in [-0.2, -0.15) is 0 Å². The molecule has 148 valence electrons. The fourth-order valence-corrected chi connectivity index (χ4v) is 3.23. The second-order valence-corrected chi connectivity index (χ2v) is 6.80. The number of methoxy groups -OCH3 is 1. The summed E-state index contributed by atoms with van der Waals surface area (Å²) in [6, 6.07) is 23.8. The summed E-state index contributed by atoms with van der Waals surface area (Å²) in [4.78, 5) is 24.4. The van der Waals surface area contributed by atoms with Crippen LogP contribution in [0.2, 0.25) is 5.02 Å². The third kappa shape index (κ3) is 5.44. The Balaban J connectivity index is 1.75. The number of hydrogen-bond donors (Lipinski definition) is 2. The van der Waals surface area contributed by atoms with Gasteiger partial charge in [-0.3, -0.25) is 10.1 Å². The first-order chi connectivity index (χ1) is 14.1. The van der Waals surface area contributed by atoms with Gasteiger partial charge in [0.2, 0.25) is 5.91 Å².